The molecular weight excluding hydrogens is 350 g/mol. The summed E-state index contributed by atoms with van der Waals surface area (Å²) in [5.41, 5.74) is 6.87. The Labute approximate surface area is 158 Å². The minimum absolute atomic E-state index is 0.0534. The molecule has 1 aromatic carbocycles. The minimum Gasteiger partial charge on any atom is -0.494 e. The van der Waals surface area contributed by atoms with Crippen molar-refractivity contribution in [1.29, 1.82) is 0 Å². The van der Waals surface area contributed by atoms with Crippen LogP contribution >= 0.6 is 0 Å². The maximum absolute atomic E-state index is 12.7. The van der Waals surface area contributed by atoms with Gasteiger partial charge in [0.25, 0.3) is 0 Å². The van der Waals surface area contributed by atoms with Gasteiger partial charge in [-0.3, -0.25) is 0 Å². The zero-order valence-corrected chi connectivity index (χ0v) is 16.0. The standard InChI is InChI=1S/C20H25NO6/c1-5-24-14-11-9-8-10-13(14)16-15(19(22)25-6-2)12(4)27-18(21)17(16)20(23)26-7-3/h8-11,16H,5-7,21H2,1-4H3/t16-/m1/s1. The zero-order valence-electron chi connectivity index (χ0n) is 16.0. The van der Waals surface area contributed by atoms with E-state index in [0.717, 1.165) is 0 Å². The molecule has 0 aromatic heterocycles. The molecule has 7 nitrogen and oxygen atoms in total. The van der Waals surface area contributed by atoms with Gasteiger partial charge >= 0.3 is 11.9 Å². The van der Waals surface area contributed by atoms with E-state index in [-0.39, 0.29) is 36.0 Å². The number of nitrogens with two attached hydrogens (primary N) is 1. The van der Waals surface area contributed by atoms with Crippen LogP contribution in [-0.2, 0) is 23.8 Å². The number of esters is 2. The first-order valence-corrected chi connectivity index (χ1v) is 8.90. The van der Waals surface area contributed by atoms with E-state index in [1.807, 2.05) is 13.0 Å². The van der Waals surface area contributed by atoms with E-state index in [0.29, 0.717) is 17.9 Å². The van der Waals surface area contributed by atoms with Crippen molar-refractivity contribution < 1.29 is 28.5 Å². The van der Waals surface area contributed by atoms with Crippen LogP contribution < -0.4 is 10.5 Å². The van der Waals surface area contributed by atoms with Crippen LogP contribution in [0.4, 0.5) is 0 Å². The molecule has 0 radical (unpaired) electrons. The lowest BCUT2D eigenvalue weighted by atomic mass is 9.82. The van der Waals surface area contributed by atoms with Crippen molar-refractivity contribution in [3.8, 4) is 5.75 Å². The molecule has 0 aliphatic carbocycles. The summed E-state index contributed by atoms with van der Waals surface area (Å²) >= 11 is 0. The van der Waals surface area contributed by atoms with Crippen LogP contribution in [0.15, 0.2) is 47.1 Å². The number of para-hydroxylation sites is 1. The summed E-state index contributed by atoms with van der Waals surface area (Å²) in [4.78, 5) is 25.3. The molecule has 27 heavy (non-hydrogen) atoms. The molecule has 0 saturated heterocycles. The highest BCUT2D eigenvalue weighted by atomic mass is 16.5. The van der Waals surface area contributed by atoms with Crippen LogP contribution in [0.2, 0.25) is 0 Å². The van der Waals surface area contributed by atoms with Crippen molar-refractivity contribution in [2.45, 2.75) is 33.6 Å². The number of hydrogen-bond donors (Lipinski definition) is 1. The Morgan fingerprint density at radius 3 is 2.19 bits per heavy atom. The van der Waals surface area contributed by atoms with Crippen molar-refractivity contribution in [2.24, 2.45) is 5.73 Å². The largest absolute Gasteiger partial charge is 0.494 e. The van der Waals surface area contributed by atoms with Crippen molar-refractivity contribution in [3.63, 3.8) is 0 Å². The summed E-state index contributed by atoms with van der Waals surface area (Å²) < 4.78 is 21.5. The van der Waals surface area contributed by atoms with Crippen LogP contribution in [0.3, 0.4) is 0 Å². The first kappa shape index (κ1) is 20.4. The van der Waals surface area contributed by atoms with Crippen molar-refractivity contribution in [1.82, 2.24) is 0 Å². The van der Waals surface area contributed by atoms with Gasteiger partial charge in [0.2, 0.25) is 5.88 Å². The van der Waals surface area contributed by atoms with E-state index in [4.69, 9.17) is 24.7 Å². The molecule has 1 aliphatic rings. The summed E-state index contributed by atoms with van der Waals surface area (Å²) in [6.07, 6.45) is 0. The molecule has 0 saturated carbocycles. The zero-order chi connectivity index (χ0) is 20.0. The highest BCUT2D eigenvalue weighted by molar-refractivity contribution is 5.99. The Balaban J connectivity index is 2.69. The molecule has 1 aromatic rings. The fraction of sp³-hybridized carbons (Fsp3) is 0.400. The number of rotatable bonds is 7. The van der Waals surface area contributed by atoms with E-state index in [2.05, 4.69) is 0 Å². The molecule has 146 valence electrons. The maximum atomic E-state index is 12.7. The van der Waals surface area contributed by atoms with Crippen LogP contribution in [-0.4, -0.2) is 31.8 Å². The Hall–Kier alpha value is -2.96. The minimum atomic E-state index is -0.820. The number of hydrogen-bond acceptors (Lipinski definition) is 7. The summed E-state index contributed by atoms with van der Waals surface area (Å²) in [6, 6.07) is 7.15. The average Bonchev–Trinajstić information content (AvgIpc) is 2.62. The lowest BCUT2D eigenvalue weighted by molar-refractivity contribution is -0.140. The van der Waals surface area contributed by atoms with Gasteiger partial charge in [-0.15, -0.1) is 0 Å². The first-order chi connectivity index (χ1) is 13.0. The molecule has 2 N–H and O–H groups in total. The van der Waals surface area contributed by atoms with Gasteiger partial charge in [0.1, 0.15) is 17.1 Å². The second-order valence-electron chi connectivity index (χ2n) is 5.69. The van der Waals surface area contributed by atoms with Gasteiger partial charge < -0.3 is 24.7 Å². The molecule has 2 rings (SSSR count). The summed E-state index contributed by atoms with van der Waals surface area (Å²) in [6.45, 7) is 7.62. The molecule has 0 bridgehead atoms. The Morgan fingerprint density at radius 1 is 1.00 bits per heavy atom. The van der Waals surface area contributed by atoms with Crippen molar-refractivity contribution >= 4 is 11.9 Å². The summed E-state index contributed by atoms with van der Waals surface area (Å²) in [7, 11) is 0. The Morgan fingerprint density at radius 2 is 1.59 bits per heavy atom. The van der Waals surface area contributed by atoms with E-state index in [1.165, 1.54) is 0 Å². The van der Waals surface area contributed by atoms with Gasteiger partial charge in [-0.2, -0.15) is 0 Å². The number of benzene rings is 1. The van der Waals surface area contributed by atoms with Crippen LogP contribution in [0.5, 0.6) is 5.75 Å². The maximum Gasteiger partial charge on any atom is 0.340 e. The second kappa shape index (κ2) is 9.12. The molecular formula is C20H25NO6. The van der Waals surface area contributed by atoms with Gasteiger partial charge in [-0.1, -0.05) is 18.2 Å². The normalized spacial score (nSPS) is 16.7. The predicted octanol–water partition coefficient (Wildman–Crippen LogP) is 2.77. The molecule has 0 spiro atoms. The predicted molar refractivity (Wildman–Crippen MR) is 98.6 cm³/mol. The van der Waals surface area contributed by atoms with E-state index >= 15 is 0 Å². The third kappa shape index (κ3) is 4.24. The lowest BCUT2D eigenvalue weighted by Gasteiger charge is -2.29. The van der Waals surface area contributed by atoms with E-state index in [9.17, 15) is 9.59 Å². The van der Waals surface area contributed by atoms with Gasteiger partial charge in [0.15, 0.2) is 0 Å². The summed E-state index contributed by atoms with van der Waals surface area (Å²) in [5.74, 6) is -1.34. The third-order valence-electron chi connectivity index (χ3n) is 4.01. The molecule has 1 atom stereocenters. The van der Waals surface area contributed by atoms with E-state index < -0.39 is 17.9 Å². The molecule has 0 amide bonds. The van der Waals surface area contributed by atoms with Gasteiger partial charge in [-0.25, -0.2) is 9.59 Å². The third-order valence-corrected chi connectivity index (χ3v) is 4.01. The molecule has 0 unspecified atom stereocenters. The molecule has 1 heterocycles. The highest BCUT2D eigenvalue weighted by Gasteiger charge is 2.41. The first-order valence-electron chi connectivity index (χ1n) is 8.90. The average molecular weight is 375 g/mol. The molecule has 0 fully saturated rings. The van der Waals surface area contributed by atoms with Crippen LogP contribution in [0.25, 0.3) is 0 Å². The monoisotopic (exact) mass is 375 g/mol. The van der Waals surface area contributed by atoms with Gasteiger partial charge in [0, 0.05) is 5.56 Å². The van der Waals surface area contributed by atoms with Crippen LogP contribution in [0, 0.1) is 0 Å². The van der Waals surface area contributed by atoms with Crippen molar-refractivity contribution in [3.05, 3.63) is 52.6 Å². The van der Waals surface area contributed by atoms with Crippen LogP contribution in [0.1, 0.15) is 39.2 Å². The molecule has 7 heteroatoms. The number of allylic oxidation sites excluding steroid dienone is 1. The molecule has 1 aliphatic heterocycles. The fourth-order valence-electron chi connectivity index (χ4n) is 2.98. The van der Waals surface area contributed by atoms with Gasteiger partial charge in [0.05, 0.1) is 31.3 Å². The Kier molecular flexibility index (Phi) is 6.87. The number of carbonyl (C=O) groups excluding carboxylic acids is 2. The quantitative estimate of drug-likeness (QED) is 0.732. The topological polar surface area (TPSA) is 97.1 Å². The Bertz CT molecular complexity index is 740. The smallest absolute Gasteiger partial charge is 0.340 e. The summed E-state index contributed by atoms with van der Waals surface area (Å²) in [5, 5.41) is 0. The highest BCUT2D eigenvalue weighted by Crippen LogP contribution is 2.43. The van der Waals surface area contributed by atoms with E-state index in [1.54, 1.807) is 39.0 Å². The number of carbonyl (C=O) groups is 2. The van der Waals surface area contributed by atoms with Gasteiger partial charge in [-0.05, 0) is 33.8 Å². The lowest BCUT2D eigenvalue weighted by Crippen LogP contribution is -2.30. The second-order valence-corrected chi connectivity index (χ2v) is 5.69. The van der Waals surface area contributed by atoms with Crippen molar-refractivity contribution in [2.75, 3.05) is 19.8 Å². The number of ether oxygens (including phenoxy) is 4. The SMILES string of the molecule is CCOC(=O)C1=C(C)OC(N)=C(C(=O)OCC)[C@@H]1c1ccccc1OCC. The fourth-order valence-corrected chi connectivity index (χ4v) is 2.98.